The molecule has 88 valence electrons. The Morgan fingerprint density at radius 3 is 2.53 bits per heavy atom. The lowest BCUT2D eigenvalue weighted by Crippen LogP contribution is -2.48. The number of nitrogens with one attached hydrogen (secondary N) is 1. The highest BCUT2D eigenvalue weighted by Gasteiger charge is 2.39. The molecule has 1 atom stereocenters. The van der Waals surface area contributed by atoms with Crippen molar-refractivity contribution in [3.8, 4) is 0 Å². The molecule has 0 saturated carbocycles. The molecule has 1 aliphatic rings. The summed E-state index contributed by atoms with van der Waals surface area (Å²) in [6.07, 6.45) is 2.06. The molecule has 1 aromatic rings. The van der Waals surface area contributed by atoms with Crippen LogP contribution < -0.4 is 5.32 Å². The van der Waals surface area contributed by atoms with Gasteiger partial charge in [-0.3, -0.25) is 4.79 Å². The zero-order valence-corrected chi connectivity index (χ0v) is 10.7. The zero-order valence-electron chi connectivity index (χ0n) is 8.45. The molecule has 0 saturated heterocycles. The van der Waals surface area contributed by atoms with E-state index in [-0.39, 0.29) is 10.3 Å². The van der Waals surface area contributed by atoms with Crippen molar-refractivity contribution < 1.29 is 4.79 Å². The highest BCUT2D eigenvalue weighted by molar-refractivity contribution is 6.69. The summed E-state index contributed by atoms with van der Waals surface area (Å²) in [6.45, 7) is 0. The monoisotopic (exact) mass is 288 g/mol. The molecule has 17 heavy (non-hydrogen) atoms. The van der Waals surface area contributed by atoms with Gasteiger partial charge in [0.2, 0.25) is 0 Å². The van der Waals surface area contributed by atoms with Crippen molar-refractivity contribution in [2.45, 2.75) is 5.54 Å². The van der Waals surface area contributed by atoms with Crippen molar-refractivity contribution in [3.63, 3.8) is 0 Å². The summed E-state index contributed by atoms with van der Waals surface area (Å²) in [5.74, 6) is 0. The van der Waals surface area contributed by atoms with Gasteiger partial charge in [-0.05, 0) is 6.07 Å². The molecule has 0 amide bonds. The lowest BCUT2D eigenvalue weighted by atomic mass is 9.92. The number of aldehydes is 1. The van der Waals surface area contributed by atoms with Crippen molar-refractivity contribution in [1.29, 1.82) is 0 Å². The normalized spacial score (nSPS) is 23.5. The first-order valence-electron chi connectivity index (χ1n) is 4.69. The van der Waals surface area contributed by atoms with E-state index in [1.54, 1.807) is 24.3 Å². The van der Waals surface area contributed by atoms with Gasteiger partial charge in [-0.25, -0.2) is 4.99 Å². The first kappa shape index (κ1) is 12.4. The lowest BCUT2D eigenvalue weighted by molar-refractivity contribution is -0.111. The minimum atomic E-state index is -1.27. The van der Waals surface area contributed by atoms with E-state index in [1.165, 1.54) is 6.20 Å². The van der Waals surface area contributed by atoms with Crippen LogP contribution in [0.4, 0.5) is 0 Å². The number of halogens is 3. The fourth-order valence-electron chi connectivity index (χ4n) is 1.56. The van der Waals surface area contributed by atoms with Crippen LogP contribution >= 0.6 is 34.8 Å². The van der Waals surface area contributed by atoms with E-state index in [2.05, 4.69) is 10.3 Å². The molecule has 1 N–H and O–H groups in total. The number of rotatable bonds is 2. The van der Waals surface area contributed by atoms with E-state index >= 15 is 0 Å². The second kappa shape index (κ2) is 4.69. The van der Waals surface area contributed by atoms with Crippen LogP contribution in [0.25, 0.3) is 0 Å². The van der Waals surface area contributed by atoms with E-state index in [4.69, 9.17) is 34.8 Å². The van der Waals surface area contributed by atoms with Crippen molar-refractivity contribution in [2.24, 2.45) is 4.99 Å². The average molecular weight is 290 g/mol. The molecule has 2 rings (SSSR count). The first-order valence-corrected chi connectivity index (χ1v) is 5.83. The molecule has 1 aromatic carbocycles. The standard InChI is InChI=1S/C11H7Cl3N2O/c12-8-4-2-1-3-7(8)11(6-17)10(14)16-9(13)5-15-11/h1-6,15H. The topological polar surface area (TPSA) is 41.5 Å². The van der Waals surface area contributed by atoms with Gasteiger partial charge >= 0.3 is 0 Å². The minimum absolute atomic E-state index is 0.0353. The van der Waals surface area contributed by atoms with Gasteiger partial charge in [0.1, 0.15) is 10.3 Å². The summed E-state index contributed by atoms with van der Waals surface area (Å²) in [7, 11) is 0. The molecule has 6 heteroatoms. The number of nitrogens with zero attached hydrogens (tertiary/aromatic N) is 1. The number of hydrogen-bond donors (Lipinski definition) is 1. The molecule has 0 aliphatic carbocycles. The number of aliphatic imine (C=N–C) groups is 1. The largest absolute Gasteiger partial charge is 0.367 e. The predicted octanol–water partition coefficient (Wildman–Crippen LogP) is 3.01. The predicted molar refractivity (Wildman–Crippen MR) is 69.6 cm³/mol. The van der Waals surface area contributed by atoms with Gasteiger partial charge in [-0.2, -0.15) is 0 Å². The van der Waals surface area contributed by atoms with Gasteiger partial charge < -0.3 is 5.32 Å². The summed E-state index contributed by atoms with van der Waals surface area (Å²) in [6, 6.07) is 6.90. The van der Waals surface area contributed by atoms with Gasteiger partial charge in [-0.15, -0.1) is 0 Å². The van der Waals surface area contributed by atoms with Crippen LogP contribution in [0.2, 0.25) is 5.02 Å². The highest BCUT2D eigenvalue weighted by Crippen LogP contribution is 2.32. The molecular formula is C11H7Cl3N2O. The second-order valence-electron chi connectivity index (χ2n) is 3.42. The molecule has 0 bridgehead atoms. The Balaban J connectivity index is 2.59. The van der Waals surface area contributed by atoms with Crippen LogP contribution in [0.15, 0.2) is 40.6 Å². The number of carbonyl (C=O) groups is 1. The Bertz CT molecular complexity index is 527. The third-order valence-electron chi connectivity index (χ3n) is 2.42. The van der Waals surface area contributed by atoms with E-state index in [0.717, 1.165) is 0 Å². The lowest BCUT2D eigenvalue weighted by Gasteiger charge is -2.30. The zero-order chi connectivity index (χ0) is 12.5. The smallest absolute Gasteiger partial charge is 0.174 e. The number of benzene rings is 1. The Labute approximate surface area is 113 Å². The van der Waals surface area contributed by atoms with Crippen molar-refractivity contribution >= 4 is 46.3 Å². The summed E-state index contributed by atoms with van der Waals surface area (Å²) in [4.78, 5) is 15.3. The van der Waals surface area contributed by atoms with Crippen molar-refractivity contribution in [3.05, 3.63) is 46.2 Å². The molecule has 0 aromatic heterocycles. The molecule has 1 unspecified atom stereocenters. The molecule has 1 heterocycles. The van der Waals surface area contributed by atoms with E-state index in [1.807, 2.05) is 0 Å². The maximum absolute atomic E-state index is 11.4. The maximum atomic E-state index is 11.4. The second-order valence-corrected chi connectivity index (χ2v) is 4.57. The van der Waals surface area contributed by atoms with E-state index in [9.17, 15) is 4.79 Å². The summed E-state index contributed by atoms with van der Waals surface area (Å²) in [5, 5.41) is 3.47. The number of hydrogen-bond acceptors (Lipinski definition) is 3. The summed E-state index contributed by atoms with van der Waals surface area (Å²) >= 11 is 17.8. The van der Waals surface area contributed by atoms with E-state index < -0.39 is 5.54 Å². The first-order chi connectivity index (χ1) is 8.10. The van der Waals surface area contributed by atoms with Gasteiger partial charge in [0.05, 0.1) is 0 Å². The average Bonchev–Trinajstić information content (AvgIpc) is 2.31. The van der Waals surface area contributed by atoms with Crippen LogP contribution in [0.3, 0.4) is 0 Å². The van der Waals surface area contributed by atoms with Gasteiger partial charge in [0.25, 0.3) is 0 Å². The Morgan fingerprint density at radius 1 is 1.24 bits per heavy atom. The molecule has 0 spiro atoms. The molecule has 3 nitrogen and oxygen atoms in total. The van der Waals surface area contributed by atoms with Crippen molar-refractivity contribution in [1.82, 2.24) is 5.32 Å². The SMILES string of the molecule is O=CC1(c2ccccc2Cl)NC=C(Cl)N=C1Cl. The van der Waals surface area contributed by atoms with Crippen molar-refractivity contribution in [2.75, 3.05) is 0 Å². The molecule has 0 radical (unpaired) electrons. The molecular weight excluding hydrogens is 282 g/mol. The van der Waals surface area contributed by atoms with Crippen LogP contribution in [0.5, 0.6) is 0 Å². The van der Waals surface area contributed by atoms with Crippen LogP contribution in [0, 0.1) is 0 Å². The summed E-state index contributed by atoms with van der Waals surface area (Å²) in [5.41, 5.74) is -0.732. The fourth-order valence-corrected chi connectivity index (χ4v) is 2.32. The fraction of sp³-hybridized carbons (Fsp3) is 0.0909. The Kier molecular flexibility index (Phi) is 3.43. The van der Waals surface area contributed by atoms with Gasteiger partial charge in [0, 0.05) is 16.8 Å². The number of carbonyl (C=O) groups excluding carboxylic acids is 1. The highest BCUT2D eigenvalue weighted by atomic mass is 35.5. The van der Waals surface area contributed by atoms with Crippen LogP contribution in [-0.2, 0) is 10.3 Å². The Hall–Kier alpha value is -1.03. The third kappa shape index (κ3) is 2.06. The Morgan fingerprint density at radius 2 is 1.94 bits per heavy atom. The third-order valence-corrected chi connectivity index (χ3v) is 3.33. The maximum Gasteiger partial charge on any atom is 0.174 e. The van der Waals surface area contributed by atoms with Crippen LogP contribution in [-0.4, -0.2) is 11.5 Å². The quantitative estimate of drug-likeness (QED) is 0.672. The van der Waals surface area contributed by atoms with E-state index in [0.29, 0.717) is 16.9 Å². The minimum Gasteiger partial charge on any atom is -0.367 e. The molecule has 1 aliphatic heterocycles. The van der Waals surface area contributed by atoms with Crippen LogP contribution in [0.1, 0.15) is 5.56 Å². The van der Waals surface area contributed by atoms with Gasteiger partial charge in [0.15, 0.2) is 11.8 Å². The molecule has 0 fully saturated rings. The summed E-state index contributed by atoms with van der Waals surface area (Å²) < 4.78 is 0. The van der Waals surface area contributed by atoms with Gasteiger partial charge in [-0.1, -0.05) is 53.0 Å².